The van der Waals surface area contributed by atoms with Crippen molar-refractivity contribution in [2.75, 3.05) is 6.54 Å². The standard InChI is InChI=1S/C14H16FIN2/c1-8(7-17)3-11-4-9(2)12-5-10(16)6-13(15)14(12)18-11/h4-6,8H,3,7,17H2,1-2H3. The van der Waals surface area contributed by atoms with Crippen LogP contribution in [0.5, 0.6) is 0 Å². The van der Waals surface area contributed by atoms with E-state index in [-0.39, 0.29) is 5.82 Å². The molecule has 1 unspecified atom stereocenters. The minimum Gasteiger partial charge on any atom is -0.330 e. The van der Waals surface area contributed by atoms with Gasteiger partial charge >= 0.3 is 0 Å². The first-order valence-electron chi connectivity index (χ1n) is 5.96. The van der Waals surface area contributed by atoms with E-state index in [2.05, 4.69) is 34.5 Å². The van der Waals surface area contributed by atoms with Crippen LogP contribution in [0.2, 0.25) is 0 Å². The predicted molar refractivity (Wildman–Crippen MR) is 81.1 cm³/mol. The van der Waals surface area contributed by atoms with Crippen LogP contribution >= 0.6 is 22.6 Å². The normalized spacial score (nSPS) is 12.9. The van der Waals surface area contributed by atoms with E-state index in [0.717, 1.165) is 26.6 Å². The maximum absolute atomic E-state index is 13.9. The smallest absolute Gasteiger partial charge is 0.150 e. The minimum absolute atomic E-state index is 0.248. The van der Waals surface area contributed by atoms with Gasteiger partial charge < -0.3 is 5.73 Å². The Morgan fingerprint density at radius 3 is 2.78 bits per heavy atom. The third-order valence-electron chi connectivity index (χ3n) is 3.05. The van der Waals surface area contributed by atoms with Gasteiger partial charge in [0.2, 0.25) is 0 Å². The number of aryl methyl sites for hydroxylation is 1. The molecule has 0 fully saturated rings. The molecule has 1 atom stereocenters. The first-order chi connectivity index (χ1) is 8.51. The van der Waals surface area contributed by atoms with Crippen LogP contribution in [0.4, 0.5) is 4.39 Å². The summed E-state index contributed by atoms with van der Waals surface area (Å²) in [6.07, 6.45) is 0.790. The lowest BCUT2D eigenvalue weighted by atomic mass is 10.0. The molecule has 96 valence electrons. The number of rotatable bonds is 3. The van der Waals surface area contributed by atoms with Crippen LogP contribution in [0.25, 0.3) is 10.9 Å². The molecule has 2 nitrogen and oxygen atoms in total. The van der Waals surface area contributed by atoms with Gasteiger partial charge in [-0.3, -0.25) is 0 Å². The SMILES string of the molecule is Cc1cc(CC(C)CN)nc2c(F)cc(I)cc12. The van der Waals surface area contributed by atoms with E-state index in [4.69, 9.17) is 5.73 Å². The highest BCUT2D eigenvalue weighted by atomic mass is 127. The maximum atomic E-state index is 13.9. The lowest BCUT2D eigenvalue weighted by molar-refractivity contribution is 0.583. The zero-order valence-corrected chi connectivity index (χ0v) is 12.7. The molecule has 0 saturated carbocycles. The Morgan fingerprint density at radius 1 is 1.39 bits per heavy atom. The van der Waals surface area contributed by atoms with Crippen LogP contribution in [0.1, 0.15) is 18.2 Å². The summed E-state index contributed by atoms with van der Waals surface area (Å²) in [5.74, 6) is 0.114. The van der Waals surface area contributed by atoms with E-state index in [1.807, 2.05) is 19.1 Å². The second-order valence-corrected chi connectivity index (χ2v) is 6.00. The molecular formula is C14H16FIN2. The maximum Gasteiger partial charge on any atom is 0.150 e. The molecule has 0 saturated heterocycles. The third kappa shape index (κ3) is 2.80. The molecule has 1 aromatic heterocycles. The minimum atomic E-state index is -0.248. The second kappa shape index (κ2) is 5.48. The Kier molecular flexibility index (Phi) is 4.17. The Labute approximate surface area is 120 Å². The fourth-order valence-electron chi connectivity index (χ4n) is 2.03. The van der Waals surface area contributed by atoms with Crippen molar-refractivity contribution in [3.63, 3.8) is 0 Å². The van der Waals surface area contributed by atoms with Crippen molar-refractivity contribution in [2.45, 2.75) is 20.3 Å². The Hall–Kier alpha value is -0.750. The molecule has 0 spiro atoms. The van der Waals surface area contributed by atoms with Crippen molar-refractivity contribution >= 4 is 33.5 Å². The largest absolute Gasteiger partial charge is 0.330 e. The fourth-order valence-corrected chi connectivity index (χ4v) is 2.61. The molecule has 2 rings (SSSR count). The zero-order valence-electron chi connectivity index (χ0n) is 10.5. The summed E-state index contributed by atoms with van der Waals surface area (Å²) in [6, 6.07) is 5.52. The number of aromatic nitrogens is 1. The first kappa shape index (κ1) is 13.7. The molecule has 1 heterocycles. The van der Waals surface area contributed by atoms with Gasteiger partial charge in [-0.25, -0.2) is 9.37 Å². The summed E-state index contributed by atoms with van der Waals surface area (Å²) in [7, 11) is 0. The highest BCUT2D eigenvalue weighted by Crippen LogP contribution is 2.24. The van der Waals surface area contributed by atoms with Crippen molar-refractivity contribution in [3.05, 3.63) is 38.8 Å². The molecule has 0 aliphatic heterocycles. The molecular weight excluding hydrogens is 342 g/mol. The van der Waals surface area contributed by atoms with Gasteiger partial charge in [0.25, 0.3) is 0 Å². The summed E-state index contributed by atoms with van der Waals surface area (Å²) in [5.41, 5.74) is 8.07. The van der Waals surface area contributed by atoms with Crippen LogP contribution in [0, 0.1) is 22.2 Å². The van der Waals surface area contributed by atoms with Crippen molar-refractivity contribution in [2.24, 2.45) is 11.7 Å². The van der Waals surface area contributed by atoms with Gasteiger partial charge in [0, 0.05) is 14.7 Å². The van der Waals surface area contributed by atoms with E-state index in [9.17, 15) is 4.39 Å². The van der Waals surface area contributed by atoms with Crippen molar-refractivity contribution in [1.82, 2.24) is 4.98 Å². The van der Waals surface area contributed by atoms with Gasteiger partial charge in [0.1, 0.15) is 11.3 Å². The summed E-state index contributed by atoms with van der Waals surface area (Å²) >= 11 is 2.12. The van der Waals surface area contributed by atoms with E-state index in [0.29, 0.717) is 18.0 Å². The number of fused-ring (bicyclic) bond motifs is 1. The van der Waals surface area contributed by atoms with Gasteiger partial charge in [-0.1, -0.05) is 6.92 Å². The second-order valence-electron chi connectivity index (χ2n) is 4.76. The topological polar surface area (TPSA) is 38.9 Å². The Bertz CT molecular complexity index is 584. The summed E-state index contributed by atoms with van der Waals surface area (Å²) in [4.78, 5) is 4.43. The predicted octanol–water partition coefficient (Wildman–Crippen LogP) is 3.42. The van der Waals surface area contributed by atoms with Gasteiger partial charge in [-0.05, 0) is 72.2 Å². The monoisotopic (exact) mass is 358 g/mol. The number of benzene rings is 1. The number of hydrogen-bond acceptors (Lipinski definition) is 2. The molecule has 2 N–H and O–H groups in total. The Balaban J connectivity index is 2.54. The number of nitrogens with two attached hydrogens (primary N) is 1. The van der Waals surface area contributed by atoms with Gasteiger partial charge in [-0.15, -0.1) is 0 Å². The molecule has 0 bridgehead atoms. The number of hydrogen-bond donors (Lipinski definition) is 1. The number of halogens is 2. The van der Waals surface area contributed by atoms with Crippen LogP contribution in [0.15, 0.2) is 18.2 Å². The Morgan fingerprint density at radius 2 is 2.11 bits per heavy atom. The molecule has 2 aromatic rings. The fraction of sp³-hybridized carbons (Fsp3) is 0.357. The van der Waals surface area contributed by atoms with Crippen molar-refractivity contribution in [3.8, 4) is 0 Å². The highest BCUT2D eigenvalue weighted by Gasteiger charge is 2.10. The van der Waals surface area contributed by atoms with Crippen LogP contribution in [-0.2, 0) is 6.42 Å². The summed E-state index contributed by atoms with van der Waals surface area (Å²) < 4.78 is 14.8. The quantitative estimate of drug-likeness (QED) is 0.854. The molecule has 4 heteroatoms. The van der Waals surface area contributed by atoms with Crippen LogP contribution in [0.3, 0.4) is 0 Å². The van der Waals surface area contributed by atoms with Gasteiger partial charge in [0.15, 0.2) is 0 Å². The number of pyridine rings is 1. The van der Waals surface area contributed by atoms with E-state index < -0.39 is 0 Å². The van der Waals surface area contributed by atoms with Crippen LogP contribution in [-0.4, -0.2) is 11.5 Å². The molecule has 1 aromatic carbocycles. The molecule has 18 heavy (non-hydrogen) atoms. The summed E-state index contributed by atoms with van der Waals surface area (Å²) in [5, 5.41) is 0.892. The third-order valence-corrected chi connectivity index (χ3v) is 3.67. The molecule has 0 amide bonds. The molecule has 0 radical (unpaired) electrons. The lowest BCUT2D eigenvalue weighted by Gasteiger charge is -2.11. The lowest BCUT2D eigenvalue weighted by Crippen LogP contribution is -2.14. The molecule has 0 aliphatic carbocycles. The highest BCUT2D eigenvalue weighted by molar-refractivity contribution is 14.1. The summed E-state index contributed by atoms with van der Waals surface area (Å²) in [6.45, 7) is 4.69. The zero-order chi connectivity index (χ0) is 13.3. The van der Waals surface area contributed by atoms with Crippen molar-refractivity contribution < 1.29 is 4.39 Å². The van der Waals surface area contributed by atoms with Crippen molar-refractivity contribution in [1.29, 1.82) is 0 Å². The van der Waals surface area contributed by atoms with Gasteiger partial charge in [0.05, 0.1) is 0 Å². The number of nitrogens with zero attached hydrogens (tertiary/aromatic N) is 1. The van der Waals surface area contributed by atoms with Crippen LogP contribution < -0.4 is 5.73 Å². The van der Waals surface area contributed by atoms with E-state index >= 15 is 0 Å². The van der Waals surface area contributed by atoms with Gasteiger partial charge in [-0.2, -0.15) is 0 Å². The molecule has 0 aliphatic rings. The first-order valence-corrected chi connectivity index (χ1v) is 7.04. The van der Waals surface area contributed by atoms with E-state index in [1.165, 1.54) is 6.07 Å². The average Bonchev–Trinajstić information content (AvgIpc) is 2.30. The average molecular weight is 358 g/mol. The van der Waals surface area contributed by atoms with E-state index in [1.54, 1.807) is 0 Å².